The van der Waals surface area contributed by atoms with Gasteiger partial charge in [0.2, 0.25) is 0 Å². The SMILES string of the molecule is CC(=CCC(C)CC(C)(C)C)CCC(=O)O. The van der Waals surface area contributed by atoms with E-state index in [-0.39, 0.29) is 6.42 Å². The Morgan fingerprint density at radius 1 is 1.31 bits per heavy atom. The van der Waals surface area contributed by atoms with Gasteiger partial charge in [0.05, 0.1) is 0 Å². The molecular formula is C14H26O2. The third-order valence-electron chi connectivity index (χ3n) is 2.56. The normalized spacial score (nSPS) is 14.9. The molecule has 0 aromatic rings. The Kier molecular flexibility index (Phi) is 6.39. The van der Waals surface area contributed by atoms with Crippen LogP contribution in [0.15, 0.2) is 11.6 Å². The minimum atomic E-state index is -0.713. The fourth-order valence-corrected chi connectivity index (χ4v) is 1.94. The highest BCUT2D eigenvalue weighted by Gasteiger charge is 2.14. The molecule has 0 aliphatic rings. The topological polar surface area (TPSA) is 37.3 Å². The van der Waals surface area contributed by atoms with Gasteiger partial charge in [-0.05, 0) is 37.5 Å². The maximum Gasteiger partial charge on any atom is 0.303 e. The first-order valence-electron chi connectivity index (χ1n) is 6.08. The lowest BCUT2D eigenvalue weighted by Crippen LogP contribution is -2.10. The van der Waals surface area contributed by atoms with E-state index in [1.54, 1.807) is 0 Å². The molecule has 2 nitrogen and oxygen atoms in total. The zero-order valence-corrected chi connectivity index (χ0v) is 11.3. The minimum absolute atomic E-state index is 0.246. The standard InChI is InChI=1S/C14H26O2/c1-11(8-9-13(15)16)6-7-12(2)10-14(3,4)5/h6,12H,7-10H2,1-5H3,(H,15,16). The second-order valence-electron chi connectivity index (χ2n) is 6.05. The lowest BCUT2D eigenvalue weighted by atomic mass is 9.84. The third kappa shape index (κ3) is 9.75. The predicted octanol–water partition coefficient (Wildman–Crippen LogP) is 4.26. The van der Waals surface area contributed by atoms with Crippen molar-refractivity contribution in [1.29, 1.82) is 0 Å². The fourth-order valence-electron chi connectivity index (χ4n) is 1.94. The molecule has 1 N–H and O–H groups in total. The van der Waals surface area contributed by atoms with Gasteiger partial charge in [-0.3, -0.25) is 4.79 Å². The number of allylic oxidation sites excluding steroid dienone is 2. The zero-order valence-electron chi connectivity index (χ0n) is 11.3. The van der Waals surface area contributed by atoms with E-state index in [4.69, 9.17) is 5.11 Å². The van der Waals surface area contributed by atoms with Gasteiger partial charge in [0.15, 0.2) is 0 Å². The summed E-state index contributed by atoms with van der Waals surface area (Å²) in [5.41, 5.74) is 1.57. The average molecular weight is 226 g/mol. The Bertz CT molecular complexity index is 246. The van der Waals surface area contributed by atoms with Gasteiger partial charge in [0, 0.05) is 6.42 Å². The molecule has 0 aromatic carbocycles. The Balaban J connectivity index is 3.92. The summed E-state index contributed by atoms with van der Waals surface area (Å²) >= 11 is 0. The Morgan fingerprint density at radius 3 is 2.31 bits per heavy atom. The number of aliphatic carboxylic acids is 1. The Morgan fingerprint density at radius 2 is 1.88 bits per heavy atom. The first kappa shape index (κ1) is 15.2. The van der Waals surface area contributed by atoms with Gasteiger partial charge < -0.3 is 5.11 Å². The minimum Gasteiger partial charge on any atom is -0.481 e. The van der Waals surface area contributed by atoms with E-state index >= 15 is 0 Å². The van der Waals surface area contributed by atoms with Crippen LogP contribution in [0.25, 0.3) is 0 Å². The van der Waals surface area contributed by atoms with Crippen LogP contribution in [0.2, 0.25) is 0 Å². The van der Waals surface area contributed by atoms with E-state index in [0.29, 0.717) is 17.8 Å². The molecule has 0 heterocycles. The fraction of sp³-hybridized carbons (Fsp3) is 0.786. The van der Waals surface area contributed by atoms with Gasteiger partial charge in [-0.1, -0.05) is 39.3 Å². The molecular weight excluding hydrogens is 200 g/mol. The van der Waals surface area contributed by atoms with E-state index in [1.807, 2.05) is 6.92 Å². The van der Waals surface area contributed by atoms with Crippen LogP contribution < -0.4 is 0 Å². The van der Waals surface area contributed by atoms with E-state index in [2.05, 4.69) is 33.8 Å². The summed E-state index contributed by atoms with van der Waals surface area (Å²) in [5.74, 6) is -0.0460. The molecule has 0 fully saturated rings. The summed E-state index contributed by atoms with van der Waals surface area (Å²) in [5, 5.41) is 8.57. The van der Waals surface area contributed by atoms with Crippen molar-refractivity contribution in [3.05, 3.63) is 11.6 Å². The van der Waals surface area contributed by atoms with Crippen molar-refractivity contribution < 1.29 is 9.90 Å². The van der Waals surface area contributed by atoms with Gasteiger partial charge in [-0.2, -0.15) is 0 Å². The maximum atomic E-state index is 10.4. The van der Waals surface area contributed by atoms with Crippen molar-refractivity contribution in [1.82, 2.24) is 0 Å². The highest BCUT2D eigenvalue weighted by atomic mass is 16.4. The first-order chi connectivity index (χ1) is 7.20. The summed E-state index contributed by atoms with van der Waals surface area (Å²) in [6.45, 7) is 11.0. The highest BCUT2D eigenvalue weighted by molar-refractivity contribution is 5.66. The molecule has 0 saturated heterocycles. The number of hydrogen-bond donors (Lipinski definition) is 1. The van der Waals surface area contributed by atoms with Crippen LogP contribution in [0.3, 0.4) is 0 Å². The van der Waals surface area contributed by atoms with Crippen molar-refractivity contribution in [3.8, 4) is 0 Å². The number of hydrogen-bond acceptors (Lipinski definition) is 1. The van der Waals surface area contributed by atoms with Crippen molar-refractivity contribution in [3.63, 3.8) is 0 Å². The average Bonchev–Trinajstić information content (AvgIpc) is 2.08. The first-order valence-corrected chi connectivity index (χ1v) is 6.08. The van der Waals surface area contributed by atoms with Crippen molar-refractivity contribution in [2.45, 2.75) is 60.3 Å². The second-order valence-corrected chi connectivity index (χ2v) is 6.05. The molecule has 0 aliphatic heterocycles. The summed E-state index contributed by atoms with van der Waals surface area (Å²) in [6.07, 6.45) is 5.38. The summed E-state index contributed by atoms with van der Waals surface area (Å²) in [7, 11) is 0. The van der Waals surface area contributed by atoms with Crippen LogP contribution in [-0.4, -0.2) is 11.1 Å². The molecule has 0 amide bonds. The van der Waals surface area contributed by atoms with Crippen LogP contribution in [0.1, 0.15) is 60.3 Å². The van der Waals surface area contributed by atoms with Crippen LogP contribution in [0, 0.1) is 11.3 Å². The molecule has 1 unspecified atom stereocenters. The molecule has 94 valence electrons. The zero-order chi connectivity index (χ0) is 12.8. The molecule has 0 radical (unpaired) electrons. The summed E-state index contributed by atoms with van der Waals surface area (Å²) in [4.78, 5) is 10.4. The molecule has 0 aromatic heterocycles. The van der Waals surface area contributed by atoms with Crippen molar-refractivity contribution in [2.24, 2.45) is 11.3 Å². The molecule has 0 saturated carbocycles. The number of carbonyl (C=O) groups is 1. The van der Waals surface area contributed by atoms with Gasteiger partial charge >= 0.3 is 5.97 Å². The van der Waals surface area contributed by atoms with E-state index in [0.717, 1.165) is 6.42 Å². The lowest BCUT2D eigenvalue weighted by Gasteiger charge is -2.22. The van der Waals surface area contributed by atoms with Gasteiger partial charge in [0.1, 0.15) is 0 Å². The molecule has 0 bridgehead atoms. The van der Waals surface area contributed by atoms with E-state index in [9.17, 15) is 4.79 Å². The van der Waals surface area contributed by atoms with Gasteiger partial charge in [-0.15, -0.1) is 0 Å². The Hall–Kier alpha value is -0.790. The molecule has 0 spiro atoms. The number of carboxylic acids is 1. The van der Waals surface area contributed by atoms with E-state index in [1.165, 1.54) is 12.0 Å². The van der Waals surface area contributed by atoms with Crippen LogP contribution >= 0.6 is 0 Å². The lowest BCUT2D eigenvalue weighted by molar-refractivity contribution is -0.136. The van der Waals surface area contributed by atoms with Crippen LogP contribution in [0.5, 0.6) is 0 Å². The highest BCUT2D eigenvalue weighted by Crippen LogP contribution is 2.26. The largest absolute Gasteiger partial charge is 0.481 e. The van der Waals surface area contributed by atoms with Crippen LogP contribution in [0.4, 0.5) is 0 Å². The van der Waals surface area contributed by atoms with E-state index < -0.39 is 5.97 Å². The van der Waals surface area contributed by atoms with Crippen molar-refractivity contribution >= 4 is 5.97 Å². The monoisotopic (exact) mass is 226 g/mol. The summed E-state index contributed by atoms with van der Waals surface area (Å²) < 4.78 is 0. The number of rotatable bonds is 6. The molecule has 2 heteroatoms. The molecule has 1 atom stereocenters. The molecule has 16 heavy (non-hydrogen) atoms. The van der Waals surface area contributed by atoms with Gasteiger partial charge in [-0.25, -0.2) is 0 Å². The quantitative estimate of drug-likeness (QED) is 0.687. The number of carboxylic acid groups (broad SMARTS) is 1. The molecule has 0 rings (SSSR count). The Labute approximate surface area is 99.7 Å². The maximum absolute atomic E-state index is 10.4. The predicted molar refractivity (Wildman–Crippen MR) is 68.5 cm³/mol. The molecule has 0 aliphatic carbocycles. The smallest absolute Gasteiger partial charge is 0.303 e. The van der Waals surface area contributed by atoms with Gasteiger partial charge in [0.25, 0.3) is 0 Å². The third-order valence-corrected chi connectivity index (χ3v) is 2.56. The van der Waals surface area contributed by atoms with Crippen LogP contribution in [-0.2, 0) is 4.79 Å². The summed E-state index contributed by atoms with van der Waals surface area (Å²) in [6, 6.07) is 0. The second kappa shape index (κ2) is 6.72. The van der Waals surface area contributed by atoms with Crippen molar-refractivity contribution in [2.75, 3.05) is 0 Å².